The maximum Gasteiger partial charge on any atom is 0.267 e. The van der Waals surface area contributed by atoms with Crippen molar-refractivity contribution in [2.45, 2.75) is 25.7 Å². The number of aryl methyl sites for hydroxylation is 1. The molecule has 1 fully saturated rings. The first-order chi connectivity index (χ1) is 14.2. The number of carbonyl (C=O) groups is 1. The van der Waals surface area contributed by atoms with Crippen molar-refractivity contribution in [3.05, 3.63) is 65.1 Å². The summed E-state index contributed by atoms with van der Waals surface area (Å²) in [6.07, 6.45) is 4.08. The van der Waals surface area contributed by atoms with E-state index in [-0.39, 0.29) is 5.91 Å². The van der Waals surface area contributed by atoms with Gasteiger partial charge in [-0.3, -0.25) is 14.9 Å². The molecule has 0 radical (unpaired) electrons. The van der Waals surface area contributed by atoms with E-state index in [0.29, 0.717) is 28.0 Å². The Kier molecular flexibility index (Phi) is 4.40. The lowest BCUT2D eigenvalue weighted by Gasteiger charge is -2.04. The quantitative estimate of drug-likeness (QED) is 0.515. The zero-order chi connectivity index (χ0) is 19.8. The van der Waals surface area contributed by atoms with Gasteiger partial charge in [-0.2, -0.15) is 5.10 Å². The highest BCUT2D eigenvalue weighted by molar-refractivity contribution is 7.17. The van der Waals surface area contributed by atoms with Gasteiger partial charge in [-0.25, -0.2) is 9.97 Å². The molecule has 7 nitrogen and oxygen atoms in total. The van der Waals surface area contributed by atoms with Crippen LogP contribution in [0.1, 0.15) is 39.9 Å². The van der Waals surface area contributed by atoms with E-state index < -0.39 is 0 Å². The van der Waals surface area contributed by atoms with Crippen molar-refractivity contribution in [2.24, 2.45) is 0 Å². The second kappa shape index (κ2) is 7.21. The van der Waals surface area contributed by atoms with E-state index in [1.165, 1.54) is 24.2 Å². The van der Waals surface area contributed by atoms with Gasteiger partial charge in [-0.05, 0) is 56.2 Å². The molecule has 0 aliphatic heterocycles. The molecule has 2 N–H and O–H groups in total. The predicted molar refractivity (Wildman–Crippen MR) is 112 cm³/mol. The molecule has 3 aromatic heterocycles. The van der Waals surface area contributed by atoms with E-state index in [1.807, 2.05) is 49.4 Å². The second-order valence-electron chi connectivity index (χ2n) is 7.00. The number of thiazole rings is 1. The van der Waals surface area contributed by atoms with E-state index in [2.05, 4.69) is 30.5 Å². The molecule has 3 heterocycles. The van der Waals surface area contributed by atoms with Gasteiger partial charge < -0.3 is 5.32 Å². The molecule has 4 aromatic rings. The van der Waals surface area contributed by atoms with Crippen LogP contribution >= 0.6 is 11.3 Å². The van der Waals surface area contributed by atoms with Gasteiger partial charge in [0.25, 0.3) is 5.91 Å². The number of nitrogens with zero attached hydrogens (tertiary/aromatic N) is 4. The SMILES string of the molecule is Cc1nc(-c2ccccn2)sc1C(=O)Nc1ccc(-c2n[nH]c(C3CC3)n2)cc1. The van der Waals surface area contributed by atoms with Crippen LogP contribution in [-0.4, -0.2) is 31.1 Å². The summed E-state index contributed by atoms with van der Waals surface area (Å²) in [4.78, 5) is 26.7. The van der Waals surface area contributed by atoms with Crippen LogP contribution < -0.4 is 5.32 Å². The zero-order valence-corrected chi connectivity index (χ0v) is 16.5. The topological polar surface area (TPSA) is 96.5 Å². The van der Waals surface area contributed by atoms with Crippen LogP contribution in [0.5, 0.6) is 0 Å². The maximum atomic E-state index is 12.7. The molecule has 0 unspecified atom stereocenters. The number of nitrogens with one attached hydrogen (secondary N) is 2. The molecule has 0 bridgehead atoms. The van der Waals surface area contributed by atoms with Gasteiger partial charge in [0.05, 0.1) is 11.4 Å². The minimum Gasteiger partial charge on any atom is -0.321 e. The highest BCUT2D eigenvalue weighted by Gasteiger charge is 2.27. The van der Waals surface area contributed by atoms with E-state index in [0.717, 1.165) is 22.1 Å². The third kappa shape index (κ3) is 3.66. The zero-order valence-electron chi connectivity index (χ0n) is 15.7. The number of amides is 1. The Morgan fingerprint density at radius 1 is 1.14 bits per heavy atom. The summed E-state index contributed by atoms with van der Waals surface area (Å²) in [5.41, 5.74) is 3.08. The molecule has 29 heavy (non-hydrogen) atoms. The fourth-order valence-corrected chi connectivity index (χ4v) is 3.98. The first-order valence-electron chi connectivity index (χ1n) is 9.40. The van der Waals surface area contributed by atoms with Gasteiger partial charge in [0.2, 0.25) is 0 Å². The summed E-state index contributed by atoms with van der Waals surface area (Å²) in [6.45, 7) is 1.83. The highest BCUT2D eigenvalue weighted by atomic mass is 32.1. The molecule has 1 amide bonds. The van der Waals surface area contributed by atoms with Crippen molar-refractivity contribution >= 4 is 22.9 Å². The van der Waals surface area contributed by atoms with Crippen LogP contribution in [0, 0.1) is 6.92 Å². The number of anilines is 1. The highest BCUT2D eigenvalue weighted by Crippen LogP contribution is 2.38. The molecular weight excluding hydrogens is 384 g/mol. The van der Waals surface area contributed by atoms with Crippen LogP contribution in [0.15, 0.2) is 48.7 Å². The van der Waals surface area contributed by atoms with E-state index in [9.17, 15) is 4.79 Å². The summed E-state index contributed by atoms with van der Waals surface area (Å²) in [7, 11) is 0. The lowest BCUT2D eigenvalue weighted by atomic mass is 10.2. The van der Waals surface area contributed by atoms with Gasteiger partial charge in [-0.1, -0.05) is 6.07 Å². The first kappa shape index (κ1) is 17.7. The lowest BCUT2D eigenvalue weighted by molar-refractivity contribution is 0.103. The Morgan fingerprint density at radius 3 is 2.69 bits per heavy atom. The summed E-state index contributed by atoms with van der Waals surface area (Å²) < 4.78 is 0. The molecule has 144 valence electrons. The summed E-state index contributed by atoms with van der Waals surface area (Å²) >= 11 is 1.34. The van der Waals surface area contributed by atoms with Crippen LogP contribution in [0.3, 0.4) is 0 Å². The van der Waals surface area contributed by atoms with E-state index >= 15 is 0 Å². The molecule has 1 aromatic carbocycles. The van der Waals surface area contributed by atoms with Crippen molar-refractivity contribution in [1.29, 1.82) is 0 Å². The molecule has 1 aliphatic carbocycles. The van der Waals surface area contributed by atoms with Crippen LogP contribution in [0.4, 0.5) is 5.69 Å². The summed E-state index contributed by atoms with van der Waals surface area (Å²) in [5.74, 6) is 2.00. The molecule has 0 atom stereocenters. The number of carbonyl (C=O) groups excluding carboxylic acids is 1. The van der Waals surface area contributed by atoms with Crippen molar-refractivity contribution in [1.82, 2.24) is 25.1 Å². The summed E-state index contributed by atoms with van der Waals surface area (Å²) in [6, 6.07) is 13.2. The van der Waals surface area contributed by atoms with Gasteiger partial charge >= 0.3 is 0 Å². The average Bonchev–Trinajstić information content (AvgIpc) is 3.34. The number of pyridine rings is 1. The molecule has 0 spiro atoms. The van der Waals surface area contributed by atoms with Crippen molar-refractivity contribution in [3.8, 4) is 22.1 Å². The van der Waals surface area contributed by atoms with Crippen molar-refractivity contribution in [3.63, 3.8) is 0 Å². The smallest absolute Gasteiger partial charge is 0.267 e. The Balaban J connectivity index is 1.31. The maximum absolute atomic E-state index is 12.7. The Labute approximate surface area is 171 Å². The minimum absolute atomic E-state index is 0.177. The predicted octanol–water partition coefficient (Wildman–Crippen LogP) is 4.43. The van der Waals surface area contributed by atoms with Crippen LogP contribution in [-0.2, 0) is 0 Å². The van der Waals surface area contributed by atoms with Crippen molar-refractivity contribution in [2.75, 3.05) is 5.32 Å². The molecule has 8 heteroatoms. The molecular formula is C21H18N6OS. The molecule has 1 saturated carbocycles. The number of hydrogen-bond acceptors (Lipinski definition) is 6. The average molecular weight is 402 g/mol. The van der Waals surface area contributed by atoms with Crippen LogP contribution in [0.25, 0.3) is 22.1 Å². The fraction of sp³-hybridized carbons (Fsp3) is 0.190. The largest absolute Gasteiger partial charge is 0.321 e. The minimum atomic E-state index is -0.177. The monoisotopic (exact) mass is 402 g/mol. The normalized spacial score (nSPS) is 13.4. The second-order valence-corrected chi connectivity index (χ2v) is 8.00. The number of benzene rings is 1. The fourth-order valence-electron chi connectivity index (χ4n) is 3.04. The molecule has 1 aliphatic rings. The molecule has 0 saturated heterocycles. The standard InChI is InChI=1S/C21H18N6OS/c1-12-17(29-21(23-12)16-4-2-3-11-22-16)20(28)24-15-9-7-14(8-10-15)19-25-18(26-27-19)13-5-6-13/h2-4,7-11,13H,5-6H2,1H3,(H,24,28)(H,25,26,27). The Morgan fingerprint density at radius 2 is 1.97 bits per heavy atom. The van der Waals surface area contributed by atoms with Crippen molar-refractivity contribution < 1.29 is 4.79 Å². The third-order valence-electron chi connectivity index (χ3n) is 4.75. The third-order valence-corrected chi connectivity index (χ3v) is 5.93. The van der Waals surface area contributed by atoms with E-state index in [1.54, 1.807) is 6.20 Å². The number of hydrogen-bond donors (Lipinski definition) is 2. The number of aromatic nitrogens is 5. The first-order valence-corrected chi connectivity index (χ1v) is 10.2. The van der Waals surface area contributed by atoms with E-state index in [4.69, 9.17) is 0 Å². The van der Waals surface area contributed by atoms with Crippen LogP contribution in [0.2, 0.25) is 0 Å². The number of aromatic amines is 1. The molecule has 5 rings (SSSR count). The van der Waals surface area contributed by atoms with Gasteiger partial charge in [0.15, 0.2) is 5.82 Å². The summed E-state index contributed by atoms with van der Waals surface area (Å²) in [5, 5.41) is 11.0. The Bertz CT molecular complexity index is 1160. The van der Waals surface area contributed by atoms with Gasteiger partial charge in [-0.15, -0.1) is 11.3 Å². The number of H-pyrrole nitrogens is 1. The van der Waals surface area contributed by atoms with Gasteiger partial charge in [0.1, 0.15) is 15.7 Å². The Hall–Kier alpha value is -3.39. The lowest BCUT2D eigenvalue weighted by Crippen LogP contribution is -2.11. The van der Waals surface area contributed by atoms with Gasteiger partial charge in [0, 0.05) is 23.4 Å². The number of rotatable bonds is 5.